The number of hydrogen-bond donors (Lipinski definition) is 0. The lowest BCUT2D eigenvalue weighted by Crippen LogP contribution is -2.37. The van der Waals surface area contributed by atoms with Crippen LogP contribution >= 0.6 is 23.4 Å². The number of hydrogen-bond acceptors (Lipinski definition) is 6. The Morgan fingerprint density at radius 3 is 2.60 bits per heavy atom. The van der Waals surface area contributed by atoms with E-state index < -0.39 is 15.7 Å². The number of anilines is 1. The molecule has 0 aliphatic carbocycles. The number of aliphatic imine (C=N–C) groups is 1. The van der Waals surface area contributed by atoms with E-state index in [0.717, 1.165) is 0 Å². The number of amidine groups is 1. The van der Waals surface area contributed by atoms with Crippen molar-refractivity contribution in [3.05, 3.63) is 53.1 Å². The van der Waals surface area contributed by atoms with Gasteiger partial charge in [0.05, 0.1) is 31.8 Å². The highest BCUT2D eigenvalue weighted by Gasteiger charge is 2.49. The molecule has 158 valence electrons. The van der Waals surface area contributed by atoms with Crippen molar-refractivity contribution in [2.75, 3.05) is 30.6 Å². The number of halogens is 1. The fourth-order valence-electron chi connectivity index (χ4n) is 3.61. The molecule has 2 aromatic carbocycles. The van der Waals surface area contributed by atoms with Gasteiger partial charge in [-0.05, 0) is 36.4 Å². The molecule has 7 nitrogen and oxygen atoms in total. The van der Waals surface area contributed by atoms with Crippen LogP contribution in [-0.2, 0) is 9.84 Å². The first-order chi connectivity index (χ1) is 14.3. The number of amides is 1. The number of rotatable bonds is 4. The van der Waals surface area contributed by atoms with Crippen LogP contribution in [0.1, 0.15) is 10.4 Å². The van der Waals surface area contributed by atoms with Crippen molar-refractivity contribution in [1.82, 2.24) is 0 Å². The standard InChI is InChI=1S/C20H19ClN2O5S2/c1-27-16-7-6-12(8-17(16)28-2)19(24)22-20-23(14-5-3-4-13(21)9-14)15-10-30(25,26)11-18(15)29-20/h3-9,15,18H,10-11H2,1-2H3/t15-,18+/m1/s1. The second kappa shape index (κ2) is 8.13. The van der Waals surface area contributed by atoms with Gasteiger partial charge in [0.25, 0.3) is 5.91 Å². The summed E-state index contributed by atoms with van der Waals surface area (Å²) < 4.78 is 34.8. The van der Waals surface area contributed by atoms with Gasteiger partial charge in [-0.2, -0.15) is 4.99 Å². The summed E-state index contributed by atoms with van der Waals surface area (Å²) in [5.74, 6) is 0.562. The fraction of sp³-hybridized carbons (Fsp3) is 0.300. The van der Waals surface area contributed by atoms with E-state index in [1.807, 2.05) is 11.0 Å². The van der Waals surface area contributed by atoms with E-state index >= 15 is 0 Å². The van der Waals surface area contributed by atoms with Gasteiger partial charge in [-0.1, -0.05) is 29.4 Å². The summed E-state index contributed by atoms with van der Waals surface area (Å²) in [6.07, 6.45) is 0. The third-order valence-corrected chi connectivity index (χ3v) is 8.43. The number of carbonyl (C=O) groups excluding carboxylic acids is 1. The summed E-state index contributed by atoms with van der Waals surface area (Å²) in [5.41, 5.74) is 1.05. The second-order valence-corrected chi connectivity index (χ2v) is 10.7. The molecule has 30 heavy (non-hydrogen) atoms. The molecule has 1 amide bonds. The molecule has 10 heteroatoms. The summed E-state index contributed by atoms with van der Waals surface area (Å²) in [6.45, 7) is 0. The first-order valence-corrected chi connectivity index (χ1v) is 12.2. The van der Waals surface area contributed by atoms with Crippen molar-refractivity contribution in [1.29, 1.82) is 0 Å². The van der Waals surface area contributed by atoms with Crippen LogP contribution < -0.4 is 14.4 Å². The molecular weight excluding hydrogens is 448 g/mol. The van der Waals surface area contributed by atoms with Crippen LogP contribution in [0, 0.1) is 0 Å². The zero-order valence-electron chi connectivity index (χ0n) is 16.2. The molecule has 0 spiro atoms. The van der Waals surface area contributed by atoms with E-state index in [9.17, 15) is 13.2 Å². The summed E-state index contributed by atoms with van der Waals surface area (Å²) in [4.78, 5) is 19.0. The maximum Gasteiger partial charge on any atom is 0.279 e. The monoisotopic (exact) mass is 466 g/mol. The molecule has 0 radical (unpaired) electrons. The van der Waals surface area contributed by atoms with Gasteiger partial charge >= 0.3 is 0 Å². The van der Waals surface area contributed by atoms with Gasteiger partial charge < -0.3 is 14.4 Å². The zero-order chi connectivity index (χ0) is 21.5. The van der Waals surface area contributed by atoms with Gasteiger partial charge in [0.1, 0.15) is 0 Å². The number of carbonyl (C=O) groups is 1. The van der Waals surface area contributed by atoms with Gasteiger partial charge in [-0.25, -0.2) is 8.42 Å². The molecule has 2 aliphatic rings. The average molecular weight is 467 g/mol. The lowest BCUT2D eigenvalue weighted by molar-refractivity contribution is 0.100. The summed E-state index contributed by atoms with van der Waals surface area (Å²) in [7, 11) is -0.131. The topological polar surface area (TPSA) is 85.3 Å². The highest BCUT2D eigenvalue weighted by atomic mass is 35.5. The quantitative estimate of drug-likeness (QED) is 0.683. The van der Waals surface area contributed by atoms with Crippen LogP contribution in [0.5, 0.6) is 11.5 Å². The molecule has 2 fully saturated rings. The third kappa shape index (κ3) is 4.01. The Hall–Kier alpha value is -2.23. The normalized spacial score (nSPS) is 23.4. The molecule has 2 aliphatic heterocycles. The Bertz CT molecular complexity index is 1140. The predicted molar refractivity (Wildman–Crippen MR) is 119 cm³/mol. The fourth-order valence-corrected chi connectivity index (χ4v) is 7.71. The number of sulfone groups is 1. The number of nitrogens with zero attached hydrogens (tertiary/aromatic N) is 2. The summed E-state index contributed by atoms with van der Waals surface area (Å²) >= 11 is 7.46. The van der Waals surface area contributed by atoms with Crippen molar-refractivity contribution >= 4 is 50.0 Å². The van der Waals surface area contributed by atoms with Crippen molar-refractivity contribution in [3.63, 3.8) is 0 Å². The van der Waals surface area contributed by atoms with Gasteiger partial charge in [0, 0.05) is 21.5 Å². The number of thioether (sulfide) groups is 1. The molecule has 0 N–H and O–H groups in total. The molecular formula is C20H19ClN2O5S2. The minimum atomic E-state index is -3.14. The lowest BCUT2D eigenvalue weighted by Gasteiger charge is -2.24. The smallest absolute Gasteiger partial charge is 0.279 e. The molecule has 2 saturated heterocycles. The van der Waals surface area contributed by atoms with Crippen molar-refractivity contribution in [2.45, 2.75) is 11.3 Å². The number of benzene rings is 2. The highest BCUT2D eigenvalue weighted by molar-refractivity contribution is 8.16. The van der Waals surface area contributed by atoms with Crippen LogP contribution in [0.15, 0.2) is 47.5 Å². The van der Waals surface area contributed by atoms with Crippen LogP contribution in [0.25, 0.3) is 0 Å². The van der Waals surface area contributed by atoms with Crippen LogP contribution in [0.4, 0.5) is 5.69 Å². The van der Waals surface area contributed by atoms with Crippen molar-refractivity contribution in [2.24, 2.45) is 4.99 Å². The minimum Gasteiger partial charge on any atom is -0.493 e. The van der Waals surface area contributed by atoms with Crippen LogP contribution in [0.3, 0.4) is 0 Å². The van der Waals surface area contributed by atoms with E-state index in [0.29, 0.717) is 32.9 Å². The molecule has 0 bridgehead atoms. The number of methoxy groups -OCH3 is 2. The maximum absolute atomic E-state index is 12.9. The van der Waals surface area contributed by atoms with Gasteiger partial charge in [-0.3, -0.25) is 4.79 Å². The lowest BCUT2D eigenvalue weighted by atomic mass is 10.2. The molecule has 0 unspecified atom stereocenters. The molecule has 0 aromatic heterocycles. The summed E-state index contributed by atoms with van der Waals surface area (Å²) in [5, 5.41) is 0.792. The largest absolute Gasteiger partial charge is 0.493 e. The van der Waals surface area contributed by atoms with Gasteiger partial charge in [-0.15, -0.1) is 0 Å². The molecule has 2 aromatic rings. The third-order valence-electron chi connectivity index (χ3n) is 4.98. The van der Waals surface area contributed by atoms with Crippen molar-refractivity contribution in [3.8, 4) is 11.5 Å². The number of ether oxygens (including phenoxy) is 2. The Kier molecular flexibility index (Phi) is 5.69. The second-order valence-electron chi connectivity index (χ2n) is 6.92. The molecule has 0 saturated carbocycles. The zero-order valence-corrected chi connectivity index (χ0v) is 18.6. The van der Waals surface area contributed by atoms with Crippen LogP contribution in [-0.4, -0.2) is 56.5 Å². The van der Waals surface area contributed by atoms with Crippen molar-refractivity contribution < 1.29 is 22.7 Å². The molecule has 2 heterocycles. The van der Waals surface area contributed by atoms with Gasteiger partial charge in [0.2, 0.25) is 0 Å². The Morgan fingerprint density at radius 2 is 1.90 bits per heavy atom. The van der Waals surface area contributed by atoms with E-state index in [1.165, 1.54) is 26.0 Å². The first-order valence-electron chi connectivity index (χ1n) is 9.08. The van der Waals surface area contributed by atoms with E-state index in [4.69, 9.17) is 21.1 Å². The van der Waals surface area contributed by atoms with E-state index in [1.54, 1.807) is 36.4 Å². The highest BCUT2D eigenvalue weighted by Crippen LogP contribution is 2.41. The van der Waals surface area contributed by atoms with Gasteiger partial charge in [0.15, 0.2) is 26.5 Å². The Balaban J connectivity index is 1.71. The average Bonchev–Trinajstić information content (AvgIpc) is 3.17. The Morgan fingerprint density at radius 1 is 1.13 bits per heavy atom. The minimum absolute atomic E-state index is 0.0146. The number of fused-ring (bicyclic) bond motifs is 1. The predicted octanol–water partition coefficient (Wildman–Crippen LogP) is 3.27. The Labute approximate surface area is 183 Å². The van der Waals surface area contributed by atoms with E-state index in [-0.39, 0.29) is 22.8 Å². The van der Waals surface area contributed by atoms with E-state index in [2.05, 4.69) is 4.99 Å². The summed E-state index contributed by atoms with van der Waals surface area (Å²) in [6, 6.07) is 11.6. The SMILES string of the molecule is COc1ccc(C(=O)N=C2S[C@H]3CS(=O)(=O)C[C@H]3N2c2cccc(Cl)c2)cc1OC. The molecule has 2 atom stereocenters. The molecule has 4 rings (SSSR count). The van der Waals surface area contributed by atoms with Crippen LogP contribution in [0.2, 0.25) is 5.02 Å². The maximum atomic E-state index is 12.9. The first kappa shape index (κ1) is 21.0.